The van der Waals surface area contributed by atoms with Crippen LogP contribution in [0.2, 0.25) is 0 Å². The van der Waals surface area contributed by atoms with Gasteiger partial charge in [-0.1, -0.05) is 32.1 Å². The van der Waals surface area contributed by atoms with Crippen molar-refractivity contribution in [2.24, 2.45) is 34.5 Å². The smallest absolute Gasteiger partial charge is 0.331 e. The Kier molecular flexibility index (Phi) is 5.51. The fourth-order valence-electron chi connectivity index (χ4n) is 7.56. The van der Waals surface area contributed by atoms with Gasteiger partial charge in [0.2, 0.25) is 5.91 Å². The number of amides is 1. The number of carboxylic acids is 1. The van der Waals surface area contributed by atoms with Crippen molar-refractivity contribution in [3.05, 3.63) is 35.5 Å². The Labute approximate surface area is 187 Å². The van der Waals surface area contributed by atoms with E-state index in [2.05, 4.69) is 64.7 Å². The van der Waals surface area contributed by atoms with Crippen LogP contribution in [-0.4, -0.2) is 34.0 Å². The molecule has 0 saturated heterocycles. The minimum atomic E-state index is -0.783. The minimum Gasteiger partial charge on any atom is -0.478 e. The third-order valence-corrected chi connectivity index (χ3v) is 9.15. The number of carbonyl (C=O) groups is 2. The maximum atomic E-state index is 13.7. The molecule has 0 heterocycles. The topological polar surface area (TPSA) is 57.6 Å². The van der Waals surface area contributed by atoms with Crippen molar-refractivity contribution < 1.29 is 14.7 Å². The lowest BCUT2D eigenvalue weighted by Crippen LogP contribution is -2.51. The summed E-state index contributed by atoms with van der Waals surface area (Å²) in [4.78, 5) is 27.3. The molecule has 170 valence electrons. The molecule has 4 rings (SSSR count). The normalized spacial score (nSPS) is 38.8. The molecule has 1 saturated carbocycles. The molecule has 4 aliphatic rings. The van der Waals surface area contributed by atoms with Crippen molar-refractivity contribution in [1.29, 1.82) is 0 Å². The van der Waals surface area contributed by atoms with Gasteiger partial charge in [-0.3, -0.25) is 4.79 Å². The van der Waals surface area contributed by atoms with Crippen LogP contribution < -0.4 is 0 Å². The Morgan fingerprint density at radius 3 is 2.42 bits per heavy atom. The van der Waals surface area contributed by atoms with E-state index in [1.807, 2.05) is 6.08 Å². The van der Waals surface area contributed by atoms with E-state index in [-0.39, 0.29) is 28.8 Å². The van der Waals surface area contributed by atoms with Crippen LogP contribution in [0.3, 0.4) is 0 Å². The molecule has 4 heteroatoms. The summed E-state index contributed by atoms with van der Waals surface area (Å²) in [6.45, 7) is 13.1. The van der Waals surface area contributed by atoms with Gasteiger partial charge in [-0.15, -0.1) is 0 Å². The second kappa shape index (κ2) is 7.64. The third kappa shape index (κ3) is 3.32. The van der Waals surface area contributed by atoms with Gasteiger partial charge in [0, 0.05) is 29.0 Å². The van der Waals surface area contributed by atoms with E-state index in [1.165, 1.54) is 5.57 Å². The molecule has 0 aromatic heterocycles. The van der Waals surface area contributed by atoms with E-state index in [0.29, 0.717) is 35.7 Å². The molecule has 31 heavy (non-hydrogen) atoms. The summed E-state index contributed by atoms with van der Waals surface area (Å²) in [5, 5.41) is 9.46. The molecule has 4 aliphatic carbocycles. The number of carbonyl (C=O) groups excluding carboxylic acids is 1. The number of allylic oxidation sites excluding steroid dienone is 5. The Hall–Kier alpha value is -1.84. The number of nitrogens with zero attached hydrogens (tertiary/aromatic N) is 1. The molecule has 0 radical (unpaired) electrons. The molecule has 0 unspecified atom stereocenters. The van der Waals surface area contributed by atoms with Crippen LogP contribution in [-0.2, 0) is 9.59 Å². The quantitative estimate of drug-likeness (QED) is 0.596. The van der Waals surface area contributed by atoms with Crippen LogP contribution in [0.1, 0.15) is 73.6 Å². The van der Waals surface area contributed by atoms with Crippen LogP contribution in [0.25, 0.3) is 0 Å². The van der Waals surface area contributed by atoms with Crippen LogP contribution in [0.15, 0.2) is 35.5 Å². The van der Waals surface area contributed by atoms with E-state index >= 15 is 0 Å². The Morgan fingerprint density at radius 2 is 1.81 bits per heavy atom. The number of rotatable bonds is 4. The lowest BCUT2D eigenvalue weighted by Gasteiger charge is -2.54. The summed E-state index contributed by atoms with van der Waals surface area (Å²) in [6.07, 6.45) is 13.6. The fourth-order valence-corrected chi connectivity index (χ4v) is 7.56. The summed E-state index contributed by atoms with van der Waals surface area (Å²) in [5.74, 6) is 1.07. The lowest BCUT2D eigenvalue weighted by atomic mass is 9.50. The average molecular weight is 426 g/mol. The highest BCUT2D eigenvalue weighted by Gasteiger charge is 2.58. The minimum absolute atomic E-state index is 0.00366. The second-order valence-electron chi connectivity index (χ2n) is 11.4. The van der Waals surface area contributed by atoms with Gasteiger partial charge in [0.25, 0.3) is 0 Å². The number of carboxylic acid groups (broad SMARTS) is 1. The maximum Gasteiger partial charge on any atom is 0.331 e. The predicted molar refractivity (Wildman–Crippen MR) is 123 cm³/mol. The SMILES string of the molecule is CC(C)N(C(=O)[C@H]1CC[C@H]2[C@@H]3CC=C4C=C(C(=O)O)CC[C@]4(C)[C@H]3C=C[C@]12C)C(C)C. The van der Waals surface area contributed by atoms with Gasteiger partial charge >= 0.3 is 5.97 Å². The summed E-state index contributed by atoms with van der Waals surface area (Å²) >= 11 is 0. The summed E-state index contributed by atoms with van der Waals surface area (Å²) in [6, 6.07) is 0.430. The van der Waals surface area contributed by atoms with Crippen molar-refractivity contribution in [1.82, 2.24) is 4.90 Å². The largest absolute Gasteiger partial charge is 0.478 e. The molecule has 0 bridgehead atoms. The first-order valence-electron chi connectivity index (χ1n) is 12.2. The first-order valence-corrected chi connectivity index (χ1v) is 12.2. The molecule has 6 atom stereocenters. The van der Waals surface area contributed by atoms with Crippen LogP contribution in [0, 0.1) is 34.5 Å². The number of hydrogen-bond acceptors (Lipinski definition) is 2. The zero-order chi connectivity index (χ0) is 22.7. The highest BCUT2D eigenvalue weighted by atomic mass is 16.4. The highest BCUT2D eigenvalue weighted by molar-refractivity contribution is 5.87. The molecular formula is C27H39NO3. The van der Waals surface area contributed by atoms with E-state index in [4.69, 9.17) is 0 Å². The highest BCUT2D eigenvalue weighted by Crippen LogP contribution is 2.63. The molecule has 0 spiro atoms. The van der Waals surface area contributed by atoms with E-state index in [9.17, 15) is 14.7 Å². The number of hydrogen-bond donors (Lipinski definition) is 1. The average Bonchev–Trinajstić information content (AvgIpc) is 3.03. The summed E-state index contributed by atoms with van der Waals surface area (Å²) in [7, 11) is 0. The lowest BCUT2D eigenvalue weighted by molar-refractivity contribution is -0.142. The second-order valence-corrected chi connectivity index (χ2v) is 11.4. The zero-order valence-corrected chi connectivity index (χ0v) is 20.0. The Morgan fingerprint density at radius 1 is 1.13 bits per heavy atom. The monoisotopic (exact) mass is 425 g/mol. The molecule has 0 aromatic carbocycles. The van der Waals surface area contributed by atoms with Crippen molar-refractivity contribution in [3.8, 4) is 0 Å². The van der Waals surface area contributed by atoms with Crippen LogP contribution in [0.5, 0.6) is 0 Å². The molecule has 1 N–H and O–H groups in total. The maximum absolute atomic E-state index is 13.7. The fraction of sp³-hybridized carbons (Fsp3) is 0.704. The standard InChI is InChI=1S/C27H39NO3/c1-16(2)28(17(3)4)24(29)23-10-9-21-20-8-7-19-15-18(25(30)31)11-13-26(19,5)22(20)12-14-27(21,23)6/h7,12,14-17,20-23H,8-11,13H2,1-6H3,(H,30,31)/t20-,21-,22-,23+,26-,27-/m0/s1. The van der Waals surface area contributed by atoms with E-state index in [1.54, 1.807) is 0 Å². The van der Waals surface area contributed by atoms with Crippen LogP contribution >= 0.6 is 0 Å². The van der Waals surface area contributed by atoms with Crippen molar-refractivity contribution in [3.63, 3.8) is 0 Å². The molecular weight excluding hydrogens is 386 g/mol. The van der Waals surface area contributed by atoms with Crippen molar-refractivity contribution >= 4 is 11.9 Å². The Bertz CT molecular complexity index is 858. The van der Waals surface area contributed by atoms with Gasteiger partial charge in [-0.2, -0.15) is 0 Å². The summed E-state index contributed by atoms with van der Waals surface area (Å²) in [5.41, 5.74) is 1.67. The van der Waals surface area contributed by atoms with Crippen molar-refractivity contribution in [2.45, 2.75) is 85.7 Å². The molecule has 4 nitrogen and oxygen atoms in total. The van der Waals surface area contributed by atoms with Gasteiger partial charge in [0.15, 0.2) is 0 Å². The Balaban J connectivity index is 1.65. The molecule has 0 aliphatic heterocycles. The first-order chi connectivity index (χ1) is 14.5. The number of aliphatic carboxylic acids is 1. The van der Waals surface area contributed by atoms with Gasteiger partial charge in [0.1, 0.15) is 0 Å². The first kappa shape index (κ1) is 22.4. The van der Waals surface area contributed by atoms with Crippen molar-refractivity contribution in [2.75, 3.05) is 0 Å². The van der Waals surface area contributed by atoms with E-state index < -0.39 is 5.97 Å². The zero-order valence-electron chi connectivity index (χ0n) is 20.0. The van der Waals surface area contributed by atoms with Crippen LogP contribution in [0.4, 0.5) is 0 Å². The predicted octanol–water partition coefficient (Wildman–Crippen LogP) is 5.61. The third-order valence-electron chi connectivity index (χ3n) is 9.15. The summed E-state index contributed by atoms with van der Waals surface area (Å²) < 4.78 is 0. The van der Waals surface area contributed by atoms with Gasteiger partial charge in [-0.05, 0) is 94.6 Å². The van der Waals surface area contributed by atoms with Gasteiger partial charge in [-0.25, -0.2) is 4.79 Å². The molecule has 0 aromatic rings. The number of fused-ring (bicyclic) bond motifs is 5. The van der Waals surface area contributed by atoms with Gasteiger partial charge in [0.05, 0.1) is 0 Å². The van der Waals surface area contributed by atoms with E-state index in [0.717, 1.165) is 25.7 Å². The molecule has 1 fully saturated rings. The molecule has 1 amide bonds. The van der Waals surface area contributed by atoms with Gasteiger partial charge < -0.3 is 10.0 Å².